The highest BCUT2D eigenvalue weighted by molar-refractivity contribution is 6.29. The first-order chi connectivity index (χ1) is 6.50. The molecule has 0 aliphatic carbocycles. The van der Waals surface area contributed by atoms with Crippen molar-refractivity contribution in [1.29, 1.82) is 0 Å². The second-order valence-electron chi connectivity index (χ2n) is 3.09. The number of Topliss-reactive ketones (excluding diaryl/α,β-unsaturated/α-hetero) is 1. The van der Waals surface area contributed by atoms with Crippen LogP contribution in [0, 0.1) is 0 Å². The number of ketones is 1. The monoisotopic (exact) mass is 221 g/mol. The fourth-order valence-corrected chi connectivity index (χ4v) is 1.19. The van der Waals surface area contributed by atoms with Gasteiger partial charge in [0.2, 0.25) is 0 Å². The highest BCUT2D eigenvalue weighted by atomic mass is 35.5. The molecule has 0 aliphatic heterocycles. The van der Waals surface area contributed by atoms with Crippen molar-refractivity contribution in [2.75, 3.05) is 12.5 Å². The number of alkyl halides is 1. The molecule has 1 N–H and O–H groups in total. The van der Waals surface area contributed by atoms with Gasteiger partial charge in [-0.05, 0) is 20.3 Å². The smallest absolute Gasteiger partial charge is 0.407 e. The molecule has 5 heteroatoms. The molecule has 0 saturated heterocycles. The molecule has 0 saturated carbocycles. The summed E-state index contributed by atoms with van der Waals surface area (Å²) in [6.07, 6.45) is -0.104. The Labute approximate surface area is 88.9 Å². The predicted octanol–water partition coefficient (Wildman–Crippen LogP) is 1.71. The molecule has 0 spiro atoms. The number of halogens is 1. The Morgan fingerprint density at radius 1 is 1.43 bits per heavy atom. The first-order valence-corrected chi connectivity index (χ1v) is 5.07. The number of rotatable bonds is 5. The van der Waals surface area contributed by atoms with Crippen LogP contribution in [0.15, 0.2) is 0 Å². The maximum Gasteiger partial charge on any atom is 0.407 e. The topological polar surface area (TPSA) is 55.4 Å². The van der Waals surface area contributed by atoms with Crippen molar-refractivity contribution in [1.82, 2.24) is 5.32 Å². The molecule has 4 nitrogen and oxygen atoms in total. The van der Waals surface area contributed by atoms with Crippen LogP contribution in [-0.4, -0.2) is 29.9 Å². The van der Waals surface area contributed by atoms with Gasteiger partial charge in [0, 0.05) is 0 Å². The summed E-state index contributed by atoms with van der Waals surface area (Å²) in [6, 6.07) is 0. The van der Waals surface area contributed by atoms with Crippen molar-refractivity contribution in [2.45, 2.75) is 32.7 Å². The summed E-state index contributed by atoms with van der Waals surface area (Å²) in [5.41, 5.74) is -0.923. The summed E-state index contributed by atoms with van der Waals surface area (Å²) in [7, 11) is 0. The molecule has 0 rings (SSSR count). The van der Waals surface area contributed by atoms with Gasteiger partial charge < -0.3 is 10.1 Å². The van der Waals surface area contributed by atoms with Crippen LogP contribution in [0.5, 0.6) is 0 Å². The van der Waals surface area contributed by atoms with Crippen molar-refractivity contribution in [3.05, 3.63) is 0 Å². The number of carbonyl (C=O) groups excluding carboxylic acids is 2. The third kappa shape index (κ3) is 3.54. The van der Waals surface area contributed by atoms with E-state index in [1.165, 1.54) is 0 Å². The lowest BCUT2D eigenvalue weighted by atomic mass is 9.94. The maximum absolute atomic E-state index is 11.4. The molecule has 1 unspecified atom stereocenters. The third-order valence-electron chi connectivity index (χ3n) is 2.10. The molecule has 0 aromatic carbocycles. The van der Waals surface area contributed by atoms with Crippen LogP contribution in [0.1, 0.15) is 27.2 Å². The average Bonchev–Trinajstić information content (AvgIpc) is 2.16. The molecule has 0 aromatic rings. The molecule has 0 aromatic heterocycles. The van der Waals surface area contributed by atoms with Gasteiger partial charge >= 0.3 is 6.09 Å². The summed E-state index contributed by atoms with van der Waals surface area (Å²) >= 11 is 5.43. The normalized spacial score (nSPS) is 14.3. The fourth-order valence-electron chi connectivity index (χ4n) is 0.895. The van der Waals surface area contributed by atoms with Crippen molar-refractivity contribution in [3.63, 3.8) is 0 Å². The molecule has 14 heavy (non-hydrogen) atoms. The van der Waals surface area contributed by atoms with Gasteiger partial charge in [0.1, 0.15) is 0 Å². The maximum atomic E-state index is 11.4. The minimum Gasteiger partial charge on any atom is -0.450 e. The first kappa shape index (κ1) is 13.2. The summed E-state index contributed by atoms with van der Waals surface area (Å²) < 4.78 is 4.69. The summed E-state index contributed by atoms with van der Waals surface area (Å²) in [5, 5.41) is 2.50. The Kier molecular flexibility index (Phi) is 5.53. The number of carbonyl (C=O) groups is 2. The number of ether oxygens (including phenoxy) is 1. The molecular weight excluding hydrogens is 206 g/mol. The quantitative estimate of drug-likeness (QED) is 0.719. The van der Waals surface area contributed by atoms with Crippen LogP contribution in [0.3, 0.4) is 0 Å². The second kappa shape index (κ2) is 5.86. The van der Waals surface area contributed by atoms with E-state index in [1.54, 1.807) is 20.8 Å². The van der Waals surface area contributed by atoms with Crippen LogP contribution in [0.4, 0.5) is 4.79 Å². The largest absolute Gasteiger partial charge is 0.450 e. The van der Waals surface area contributed by atoms with Crippen LogP contribution in [0.2, 0.25) is 0 Å². The van der Waals surface area contributed by atoms with E-state index in [4.69, 9.17) is 11.6 Å². The standard InChI is InChI=1S/C9H16ClNO3/c1-4-9(3,7(12)6-10)11-8(13)14-5-2/h4-6H2,1-3H3,(H,11,13). The van der Waals surface area contributed by atoms with E-state index in [0.29, 0.717) is 6.42 Å². The molecule has 82 valence electrons. The minimum absolute atomic E-state index is 0.114. The van der Waals surface area contributed by atoms with E-state index in [9.17, 15) is 9.59 Å². The summed E-state index contributed by atoms with van der Waals surface area (Å²) in [5.74, 6) is -0.328. The van der Waals surface area contributed by atoms with Crippen LogP contribution in [0.25, 0.3) is 0 Å². The number of amides is 1. The molecule has 1 amide bonds. The SMILES string of the molecule is CCOC(=O)NC(C)(CC)C(=O)CCl. The molecule has 0 aliphatic rings. The summed E-state index contributed by atoms with van der Waals surface area (Å²) in [4.78, 5) is 22.5. The van der Waals surface area contributed by atoms with Gasteiger partial charge in [0.05, 0.1) is 18.0 Å². The molecule has 1 atom stereocenters. The second-order valence-corrected chi connectivity index (χ2v) is 3.36. The number of hydrogen-bond donors (Lipinski definition) is 1. The van der Waals surface area contributed by atoms with Crippen molar-refractivity contribution >= 4 is 23.5 Å². The van der Waals surface area contributed by atoms with Gasteiger partial charge in [-0.25, -0.2) is 4.79 Å². The van der Waals surface area contributed by atoms with E-state index in [2.05, 4.69) is 10.1 Å². The number of nitrogens with one attached hydrogen (secondary N) is 1. The van der Waals surface area contributed by atoms with Crippen molar-refractivity contribution in [2.24, 2.45) is 0 Å². The van der Waals surface area contributed by atoms with Crippen LogP contribution in [-0.2, 0) is 9.53 Å². The highest BCUT2D eigenvalue weighted by Crippen LogP contribution is 2.11. The number of hydrogen-bond acceptors (Lipinski definition) is 3. The Morgan fingerprint density at radius 2 is 2.00 bits per heavy atom. The predicted molar refractivity (Wildman–Crippen MR) is 54.6 cm³/mol. The molecular formula is C9H16ClNO3. The lowest BCUT2D eigenvalue weighted by Crippen LogP contribution is -2.52. The van der Waals surface area contributed by atoms with E-state index < -0.39 is 11.6 Å². The zero-order valence-electron chi connectivity index (χ0n) is 8.72. The molecule has 0 radical (unpaired) electrons. The van der Waals surface area contributed by atoms with Gasteiger partial charge in [-0.2, -0.15) is 0 Å². The molecule has 0 bridgehead atoms. The van der Waals surface area contributed by atoms with Crippen LogP contribution >= 0.6 is 11.6 Å². The Balaban J connectivity index is 4.39. The Bertz CT molecular complexity index is 220. The van der Waals surface area contributed by atoms with E-state index in [1.807, 2.05) is 0 Å². The fraction of sp³-hybridized carbons (Fsp3) is 0.778. The van der Waals surface area contributed by atoms with Crippen molar-refractivity contribution in [3.8, 4) is 0 Å². The first-order valence-electron chi connectivity index (χ1n) is 4.54. The summed E-state index contributed by atoms with van der Waals surface area (Å²) in [6.45, 7) is 5.41. The van der Waals surface area contributed by atoms with Gasteiger partial charge in [-0.1, -0.05) is 6.92 Å². The van der Waals surface area contributed by atoms with E-state index in [-0.39, 0.29) is 18.3 Å². The highest BCUT2D eigenvalue weighted by Gasteiger charge is 2.32. The zero-order chi connectivity index (χ0) is 11.2. The van der Waals surface area contributed by atoms with Crippen LogP contribution < -0.4 is 5.32 Å². The molecule has 0 heterocycles. The lowest BCUT2D eigenvalue weighted by Gasteiger charge is -2.26. The Hall–Kier alpha value is -0.770. The van der Waals surface area contributed by atoms with Gasteiger partial charge in [-0.15, -0.1) is 11.6 Å². The van der Waals surface area contributed by atoms with E-state index in [0.717, 1.165) is 0 Å². The third-order valence-corrected chi connectivity index (χ3v) is 2.34. The van der Waals surface area contributed by atoms with E-state index >= 15 is 0 Å². The molecule has 0 fully saturated rings. The van der Waals surface area contributed by atoms with Gasteiger partial charge in [-0.3, -0.25) is 4.79 Å². The zero-order valence-corrected chi connectivity index (χ0v) is 9.48. The van der Waals surface area contributed by atoms with Gasteiger partial charge in [0.15, 0.2) is 5.78 Å². The van der Waals surface area contributed by atoms with Gasteiger partial charge in [0.25, 0.3) is 0 Å². The number of alkyl carbamates (subject to hydrolysis) is 1. The lowest BCUT2D eigenvalue weighted by molar-refractivity contribution is -0.122. The Morgan fingerprint density at radius 3 is 2.36 bits per heavy atom. The van der Waals surface area contributed by atoms with Crippen molar-refractivity contribution < 1.29 is 14.3 Å². The minimum atomic E-state index is -0.923. The average molecular weight is 222 g/mol.